The zero-order chi connectivity index (χ0) is 13.1. The van der Waals surface area contributed by atoms with Crippen molar-refractivity contribution in [2.24, 2.45) is 5.92 Å². The number of anilines is 1. The average molecular weight is 313 g/mol. The molecule has 18 heavy (non-hydrogen) atoms. The van der Waals surface area contributed by atoms with Gasteiger partial charge in [-0.25, -0.2) is 0 Å². The molecule has 0 radical (unpaired) electrons. The van der Waals surface area contributed by atoms with E-state index in [0.29, 0.717) is 5.33 Å². The van der Waals surface area contributed by atoms with Gasteiger partial charge >= 0.3 is 0 Å². The molecule has 0 spiro atoms. The molecule has 1 aromatic carbocycles. The summed E-state index contributed by atoms with van der Waals surface area (Å²) < 4.78 is 0. The third kappa shape index (κ3) is 3.02. The van der Waals surface area contributed by atoms with Crippen molar-refractivity contribution >= 4 is 27.3 Å². The van der Waals surface area contributed by atoms with E-state index in [-0.39, 0.29) is 10.6 Å². The minimum absolute atomic E-state index is 0.163. The van der Waals surface area contributed by atoms with Gasteiger partial charge in [0, 0.05) is 36.2 Å². The maximum atomic E-state index is 10.8. The fraction of sp³-hybridized carbons (Fsp3) is 0.538. The highest BCUT2D eigenvalue weighted by Crippen LogP contribution is 2.33. The second-order valence-electron chi connectivity index (χ2n) is 4.69. The second-order valence-corrected chi connectivity index (χ2v) is 5.25. The van der Waals surface area contributed by atoms with Crippen LogP contribution in [-0.2, 0) is 5.33 Å². The average Bonchev–Trinajstić information content (AvgIpc) is 3.19. The number of nitro benzene ring substituents is 1. The Kier molecular flexibility index (Phi) is 4.22. The van der Waals surface area contributed by atoms with E-state index in [1.165, 1.54) is 12.8 Å². The van der Waals surface area contributed by atoms with Gasteiger partial charge in [0.1, 0.15) is 0 Å². The fourth-order valence-corrected chi connectivity index (χ4v) is 2.56. The highest BCUT2D eigenvalue weighted by Gasteiger charge is 2.25. The van der Waals surface area contributed by atoms with E-state index in [4.69, 9.17) is 0 Å². The van der Waals surface area contributed by atoms with Gasteiger partial charge in [0.15, 0.2) is 0 Å². The molecule has 1 saturated carbocycles. The monoisotopic (exact) mass is 312 g/mol. The number of rotatable bonds is 6. The first-order valence-corrected chi connectivity index (χ1v) is 7.36. The number of alkyl halides is 1. The molecule has 1 aliphatic rings. The Balaban J connectivity index is 2.26. The van der Waals surface area contributed by atoms with Gasteiger partial charge in [0.2, 0.25) is 0 Å². The molecule has 0 unspecified atom stereocenters. The van der Waals surface area contributed by atoms with Crippen LogP contribution < -0.4 is 4.90 Å². The summed E-state index contributed by atoms with van der Waals surface area (Å²) in [6, 6.07) is 5.14. The molecule has 0 saturated heterocycles. The van der Waals surface area contributed by atoms with E-state index in [9.17, 15) is 10.1 Å². The summed E-state index contributed by atoms with van der Waals surface area (Å²) in [5, 5.41) is 11.4. The van der Waals surface area contributed by atoms with Gasteiger partial charge in [-0.2, -0.15) is 0 Å². The Morgan fingerprint density at radius 1 is 1.50 bits per heavy atom. The lowest BCUT2D eigenvalue weighted by Crippen LogP contribution is -2.26. The summed E-state index contributed by atoms with van der Waals surface area (Å²) in [4.78, 5) is 12.8. The zero-order valence-corrected chi connectivity index (χ0v) is 12.0. The number of nitro groups is 1. The standard InChI is InChI=1S/C13H17BrN2O2/c1-2-15(9-10-3-4-10)13-6-5-12(16(17)18)7-11(13)8-14/h5-7,10H,2-4,8-9H2,1H3. The second kappa shape index (κ2) is 5.69. The molecule has 0 aromatic heterocycles. The SMILES string of the molecule is CCN(CC1CC1)c1ccc([N+](=O)[O-])cc1CBr. The number of hydrogen-bond acceptors (Lipinski definition) is 3. The third-order valence-corrected chi connectivity index (χ3v) is 3.92. The minimum Gasteiger partial charge on any atom is -0.371 e. The number of nitrogens with zero attached hydrogens (tertiary/aromatic N) is 2. The Hall–Kier alpha value is -1.10. The van der Waals surface area contributed by atoms with Crippen molar-refractivity contribution in [2.45, 2.75) is 25.1 Å². The molecule has 1 fully saturated rings. The molecule has 1 aromatic rings. The largest absolute Gasteiger partial charge is 0.371 e. The van der Waals surface area contributed by atoms with Crippen molar-refractivity contribution in [2.75, 3.05) is 18.0 Å². The van der Waals surface area contributed by atoms with Crippen LogP contribution in [0.2, 0.25) is 0 Å². The van der Waals surface area contributed by atoms with Crippen molar-refractivity contribution < 1.29 is 4.92 Å². The summed E-state index contributed by atoms with van der Waals surface area (Å²) in [6.07, 6.45) is 2.63. The van der Waals surface area contributed by atoms with Gasteiger partial charge in [0.05, 0.1) is 4.92 Å². The van der Waals surface area contributed by atoms with E-state index in [0.717, 1.165) is 30.3 Å². The summed E-state index contributed by atoms with van der Waals surface area (Å²) in [5.41, 5.74) is 2.27. The molecule has 1 aliphatic carbocycles. The highest BCUT2D eigenvalue weighted by molar-refractivity contribution is 9.08. The first-order valence-electron chi connectivity index (χ1n) is 6.24. The minimum atomic E-state index is -0.340. The molecule has 0 amide bonds. The summed E-state index contributed by atoms with van der Waals surface area (Å²) in [5.74, 6) is 0.809. The molecular weight excluding hydrogens is 296 g/mol. The van der Waals surface area contributed by atoms with Crippen LogP contribution in [0.3, 0.4) is 0 Å². The molecule has 0 N–H and O–H groups in total. The first-order chi connectivity index (χ1) is 8.65. The lowest BCUT2D eigenvalue weighted by atomic mass is 10.1. The smallest absolute Gasteiger partial charge is 0.269 e. The van der Waals surface area contributed by atoms with Gasteiger partial charge in [-0.3, -0.25) is 10.1 Å². The molecular formula is C13H17BrN2O2. The van der Waals surface area contributed by atoms with E-state index in [1.807, 2.05) is 6.07 Å². The van der Waals surface area contributed by atoms with Gasteiger partial charge in [-0.05, 0) is 37.3 Å². The topological polar surface area (TPSA) is 46.4 Å². The van der Waals surface area contributed by atoms with Gasteiger partial charge < -0.3 is 4.90 Å². The summed E-state index contributed by atoms with van der Waals surface area (Å²) in [6.45, 7) is 4.13. The number of halogens is 1. The molecule has 5 heteroatoms. The molecule has 4 nitrogen and oxygen atoms in total. The quantitative estimate of drug-likeness (QED) is 0.457. The van der Waals surface area contributed by atoms with Crippen molar-refractivity contribution in [1.82, 2.24) is 0 Å². The fourth-order valence-electron chi connectivity index (χ4n) is 2.11. The molecule has 0 heterocycles. The number of non-ortho nitro benzene ring substituents is 1. The molecule has 0 atom stereocenters. The number of benzene rings is 1. The Labute approximate surface area is 115 Å². The van der Waals surface area contributed by atoms with E-state index in [2.05, 4.69) is 27.8 Å². The normalized spacial score (nSPS) is 14.6. The lowest BCUT2D eigenvalue weighted by Gasteiger charge is -2.25. The van der Waals surface area contributed by atoms with Crippen molar-refractivity contribution in [3.05, 3.63) is 33.9 Å². The predicted octanol–water partition coefficient (Wildman–Crippen LogP) is 3.73. The Bertz CT molecular complexity index is 447. The van der Waals surface area contributed by atoms with Crippen LogP contribution in [0.1, 0.15) is 25.3 Å². The van der Waals surface area contributed by atoms with Crippen LogP contribution in [0, 0.1) is 16.0 Å². The summed E-state index contributed by atoms with van der Waals surface area (Å²) in [7, 11) is 0. The maximum absolute atomic E-state index is 10.8. The molecule has 0 aliphatic heterocycles. The van der Waals surface area contributed by atoms with E-state index < -0.39 is 0 Å². The van der Waals surface area contributed by atoms with Crippen molar-refractivity contribution in [3.8, 4) is 0 Å². The molecule has 2 rings (SSSR count). The Morgan fingerprint density at radius 3 is 2.72 bits per heavy atom. The first kappa shape index (κ1) is 13.3. The van der Waals surface area contributed by atoms with Crippen LogP contribution in [0.15, 0.2) is 18.2 Å². The van der Waals surface area contributed by atoms with Crippen LogP contribution >= 0.6 is 15.9 Å². The van der Waals surface area contributed by atoms with Crippen LogP contribution in [0.5, 0.6) is 0 Å². The molecule has 98 valence electrons. The van der Waals surface area contributed by atoms with Crippen molar-refractivity contribution in [3.63, 3.8) is 0 Å². The Morgan fingerprint density at radius 2 is 2.22 bits per heavy atom. The predicted molar refractivity (Wildman–Crippen MR) is 76.3 cm³/mol. The lowest BCUT2D eigenvalue weighted by molar-refractivity contribution is -0.384. The highest BCUT2D eigenvalue weighted by atomic mass is 79.9. The van der Waals surface area contributed by atoms with Crippen LogP contribution in [0.25, 0.3) is 0 Å². The zero-order valence-electron chi connectivity index (χ0n) is 10.4. The van der Waals surface area contributed by atoms with Crippen LogP contribution in [-0.4, -0.2) is 18.0 Å². The van der Waals surface area contributed by atoms with Gasteiger partial charge in [-0.1, -0.05) is 15.9 Å². The number of hydrogen-bond donors (Lipinski definition) is 0. The third-order valence-electron chi connectivity index (χ3n) is 3.32. The van der Waals surface area contributed by atoms with Crippen molar-refractivity contribution in [1.29, 1.82) is 0 Å². The van der Waals surface area contributed by atoms with E-state index in [1.54, 1.807) is 12.1 Å². The van der Waals surface area contributed by atoms with Gasteiger partial charge in [0.25, 0.3) is 5.69 Å². The van der Waals surface area contributed by atoms with Crippen LogP contribution in [0.4, 0.5) is 11.4 Å². The molecule has 0 bridgehead atoms. The summed E-state index contributed by atoms with van der Waals surface area (Å²) >= 11 is 3.42. The van der Waals surface area contributed by atoms with E-state index >= 15 is 0 Å². The maximum Gasteiger partial charge on any atom is 0.269 e. The van der Waals surface area contributed by atoms with Gasteiger partial charge in [-0.15, -0.1) is 0 Å².